The van der Waals surface area contributed by atoms with Gasteiger partial charge in [0.05, 0.1) is 28.3 Å². The van der Waals surface area contributed by atoms with Crippen molar-refractivity contribution < 1.29 is 9.18 Å². The highest BCUT2D eigenvalue weighted by Gasteiger charge is 2.55. The quantitative estimate of drug-likeness (QED) is 0.808. The van der Waals surface area contributed by atoms with Crippen molar-refractivity contribution >= 4 is 29.0 Å². The number of halogens is 2. The Morgan fingerprint density at radius 3 is 2.92 bits per heavy atom. The Kier molecular flexibility index (Phi) is 3.91. The molecular weight excluding hydrogens is 357 g/mol. The molecule has 0 radical (unpaired) electrons. The summed E-state index contributed by atoms with van der Waals surface area (Å²) in [6.45, 7) is 1.87. The molecule has 6 nitrogen and oxygen atoms in total. The number of amides is 1. The van der Waals surface area contributed by atoms with E-state index in [0.29, 0.717) is 28.0 Å². The molecule has 4 rings (SSSR count). The molecule has 3 atom stereocenters. The van der Waals surface area contributed by atoms with Crippen LogP contribution in [-0.4, -0.2) is 21.7 Å². The molecule has 2 aromatic rings. The minimum Gasteiger partial charge on any atom is -0.387 e. The van der Waals surface area contributed by atoms with E-state index < -0.39 is 17.4 Å². The minimum atomic E-state index is -0.761. The van der Waals surface area contributed by atoms with Gasteiger partial charge in [-0.05, 0) is 43.4 Å². The summed E-state index contributed by atoms with van der Waals surface area (Å²) >= 11 is 5.78. The molecule has 0 saturated heterocycles. The Bertz CT molecular complexity index is 916. The lowest BCUT2D eigenvalue weighted by Crippen LogP contribution is -2.33. The highest BCUT2D eigenvalue weighted by molar-refractivity contribution is 6.30. The molecule has 1 saturated carbocycles. The van der Waals surface area contributed by atoms with Crippen LogP contribution in [0.4, 0.5) is 10.1 Å². The van der Waals surface area contributed by atoms with Gasteiger partial charge in [0.25, 0.3) is 5.91 Å². The van der Waals surface area contributed by atoms with Crippen LogP contribution >= 0.6 is 11.6 Å². The Morgan fingerprint density at radius 2 is 2.19 bits per heavy atom. The van der Waals surface area contributed by atoms with E-state index in [-0.39, 0.29) is 11.6 Å². The Balaban J connectivity index is 1.64. The van der Waals surface area contributed by atoms with Crippen molar-refractivity contribution in [3.8, 4) is 0 Å². The summed E-state index contributed by atoms with van der Waals surface area (Å²) in [4.78, 5) is 24.6. The van der Waals surface area contributed by atoms with Crippen molar-refractivity contribution in [2.75, 3.05) is 5.32 Å². The maximum absolute atomic E-state index is 14.5. The van der Waals surface area contributed by atoms with Gasteiger partial charge >= 0.3 is 0 Å². The van der Waals surface area contributed by atoms with Crippen LogP contribution in [0.15, 0.2) is 35.6 Å². The summed E-state index contributed by atoms with van der Waals surface area (Å²) in [6, 6.07) is 4.66. The predicted molar refractivity (Wildman–Crippen MR) is 96.6 cm³/mol. The van der Waals surface area contributed by atoms with Crippen molar-refractivity contribution in [1.82, 2.24) is 9.97 Å². The highest BCUT2D eigenvalue weighted by atomic mass is 35.5. The summed E-state index contributed by atoms with van der Waals surface area (Å²) in [5.74, 6) is 0.190. The average molecular weight is 374 g/mol. The number of nitrogens with two attached hydrogens (primary N) is 1. The second-order valence-electron chi connectivity index (χ2n) is 6.94. The number of hydrogen-bond donors (Lipinski definition) is 2. The van der Waals surface area contributed by atoms with Crippen molar-refractivity contribution in [2.24, 2.45) is 22.6 Å². The van der Waals surface area contributed by atoms with E-state index in [4.69, 9.17) is 17.3 Å². The molecule has 1 amide bonds. The number of aliphatic imine (C=N–C) groups is 1. The third-order valence-electron chi connectivity index (χ3n) is 5.09. The second-order valence-corrected chi connectivity index (χ2v) is 7.37. The molecule has 2 aromatic heterocycles. The lowest BCUT2D eigenvalue weighted by Gasteiger charge is -2.30. The van der Waals surface area contributed by atoms with Crippen LogP contribution in [0.3, 0.4) is 0 Å². The second kappa shape index (κ2) is 6.02. The zero-order valence-electron chi connectivity index (χ0n) is 14.0. The van der Waals surface area contributed by atoms with Crippen molar-refractivity contribution in [3.05, 3.63) is 52.8 Å². The number of nitrogens with one attached hydrogen (secondary N) is 1. The third-order valence-corrected chi connectivity index (χ3v) is 5.32. The van der Waals surface area contributed by atoms with Gasteiger partial charge in [-0.3, -0.25) is 9.79 Å². The van der Waals surface area contributed by atoms with Gasteiger partial charge < -0.3 is 11.1 Å². The number of rotatable bonds is 3. The van der Waals surface area contributed by atoms with Crippen LogP contribution in [-0.2, 0) is 5.54 Å². The van der Waals surface area contributed by atoms with E-state index in [0.717, 1.165) is 12.8 Å². The van der Waals surface area contributed by atoms with Gasteiger partial charge in [-0.25, -0.2) is 9.97 Å². The maximum atomic E-state index is 14.5. The molecule has 3 N–H and O–H groups in total. The Hall–Kier alpha value is -2.54. The van der Waals surface area contributed by atoms with Gasteiger partial charge in [0.2, 0.25) is 5.95 Å². The Morgan fingerprint density at radius 1 is 1.38 bits per heavy atom. The first-order valence-electron chi connectivity index (χ1n) is 8.30. The largest absolute Gasteiger partial charge is 0.387 e. The van der Waals surface area contributed by atoms with Crippen molar-refractivity contribution in [3.63, 3.8) is 0 Å². The van der Waals surface area contributed by atoms with E-state index in [1.807, 2.05) is 6.92 Å². The van der Waals surface area contributed by atoms with E-state index in [9.17, 15) is 9.18 Å². The molecule has 0 aromatic carbocycles. The zero-order chi connectivity index (χ0) is 18.5. The zero-order valence-corrected chi connectivity index (χ0v) is 14.8. The lowest BCUT2D eigenvalue weighted by molar-refractivity contribution is 0.102. The number of pyridine rings is 2. The number of fused-ring (bicyclic) bond motifs is 1. The van der Waals surface area contributed by atoms with Crippen LogP contribution in [0.25, 0.3) is 0 Å². The summed E-state index contributed by atoms with van der Waals surface area (Å²) in [5.41, 5.74) is 6.10. The predicted octanol–water partition coefficient (Wildman–Crippen LogP) is 3.13. The topological polar surface area (TPSA) is 93.3 Å². The van der Waals surface area contributed by atoms with Gasteiger partial charge in [0, 0.05) is 18.2 Å². The van der Waals surface area contributed by atoms with Crippen LogP contribution < -0.4 is 11.1 Å². The number of amidine groups is 1. The first-order chi connectivity index (χ1) is 12.4. The van der Waals surface area contributed by atoms with E-state index in [1.165, 1.54) is 18.5 Å². The first-order valence-corrected chi connectivity index (χ1v) is 8.68. The van der Waals surface area contributed by atoms with Gasteiger partial charge in [-0.15, -0.1) is 0 Å². The number of nitrogens with zero attached hydrogens (tertiary/aromatic N) is 3. The molecule has 26 heavy (non-hydrogen) atoms. The fourth-order valence-electron chi connectivity index (χ4n) is 3.69. The van der Waals surface area contributed by atoms with Gasteiger partial charge in [0.1, 0.15) is 5.69 Å². The fraction of sp³-hybridized carbons (Fsp3) is 0.333. The van der Waals surface area contributed by atoms with E-state index in [2.05, 4.69) is 20.3 Å². The summed E-state index contributed by atoms with van der Waals surface area (Å²) in [6.07, 6.45) is 4.38. The minimum absolute atomic E-state index is 0.202. The molecule has 134 valence electrons. The number of carbonyl (C=O) groups is 1. The van der Waals surface area contributed by atoms with Crippen LogP contribution in [0.5, 0.6) is 0 Å². The number of aromatic nitrogens is 2. The number of hydrogen-bond acceptors (Lipinski definition) is 5. The first kappa shape index (κ1) is 16.9. The molecule has 3 heterocycles. The smallest absolute Gasteiger partial charge is 0.274 e. The highest BCUT2D eigenvalue weighted by Crippen LogP contribution is 2.57. The maximum Gasteiger partial charge on any atom is 0.274 e. The summed E-state index contributed by atoms with van der Waals surface area (Å²) in [5, 5.41) is 3.12. The van der Waals surface area contributed by atoms with Crippen LogP contribution in [0.1, 0.15) is 35.8 Å². The van der Waals surface area contributed by atoms with E-state index >= 15 is 0 Å². The van der Waals surface area contributed by atoms with Crippen LogP contribution in [0, 0.1) is 17.8 Å². The van der Waals surface area contributed by atoms with Crippen molar-refractivity contribution in [1.29, 1.82) is 0 Å². The third kappa shape index (κ3) is 2.92. The summed E-state index contributed by atoms with van der Waals surface area (Å²) < 4.78 is 14.5. The van der Waals surface area contributed by atoms with Crippen molar-refractivity contribution in [2.45, 2.75) is 25.3 Å². The van der Waals surface area contributed by atoms with Gasteiger partial charge in [0.15, 0.2) is 0 Å². The van der Waals surface area contributed by atoms with Crippen LogP contribution in [0.2, 0.25) is 5.02 Å². The molecular formula is C18H17ClFN5O. The van der Waals surface area contributed by atoms with E-state index in [1.54, 1.807) is 12.1 Å². The SMILES string of the molecule is C[C@]1(c2cc(NC(=O)c3ccc(Cl)cn3)cnc2F)N=C(N)C[C@@H]2C[C@@H]21. The molecule has 2 aliphatic rings. The molecule has 0 bridgehead atoms. The molecule has 8 heteroatoms. The van der Waals surface area contributed by atoms with Gasteiger partial charge in [-0.2, -0.15) is 4.39 Å². The molecule has 1 aliphatic carbocycles. The number of carbonyl (C=O) groups excluding carboxylic acids is 1. The molecule has 0 spiro atoms. The summed E-state index contributed by atoms with van der Waals surface area (Å²) in [7, 11) is 0. The Labute approximate surface area is 154 Å². The lowest BCUT2D eigenvalue weighted by atomic mass is 9.84. The molecule has 1 fully saturated rings. The molecule has 0 unspecified atom stereocenters. The molecule has 1 aliphatic heterocycles. The number of anilines is 1. The van der Waals surface area contributed by atoms with Gasteiger partial charge in [-0.1, -0.05) is 11.6 Å². The normalized spacial score (nSPS) is 26.7. The standard InChI is InChI=1S/C18H17ClFN5O/c1-18(12-4-9(12)5-15(21)25-18)13-6-11(8-23-16(13)20)24-17(26)14-3-2-10(19)7-22-14/h2-3,6-9,12H,4-5H2,1H3,(H2,21,25)(H,24,26)/t9-,12-,18-/m0/s1. The average Bonchev–Trinajstić information content (AvgIpc) is 3.37. The fourth-order valence-corrected chi connectivity index (χ4v) is 3.81. The monoisotopic (exact) mass is 373 g/mol.